The number of carbonyl (C=O) groups excluding carboxylic acids is 2. The van der Waals surface area contributed by atoms with E-state index in [9.17, 15) is 9.59 Å². The van der Waals surface area contributed by atoms with E-state index in [0.717, 1.165) is 11.1 Å². The van der Waals surface area contributed by atoms with Gasteiger partial charge in [0.15, 0.2) is 11.5 Å². The molecule has 0 saturated heterocycles. The van der Waals surface area contributed by atoms with Crippen LogP contribution in [0.4, 0.5) is 0 Å². The summed E-state index contributed by atoms with van der Waals surface area (Å²) in [6, 6.07) is 14.4. The molecule has 2 aromatic carbocycles. The van der Waals surface area contributed by atoms with Crippen LogP contribution >= 0.6 is 0 Å². The topological polar surface area (TPSA) is 67.9 Å². The summed E-state index contributed by atoms with van der Waals surface area (Å²) < 4.78 is 10.5. The molecular weight excluding hydrogens is 344 g/mol. The van der Waals surface area contributed by atoms with Crippen molar-refractivity contribution in [2.45, 2.75) is 25.9 Å². The molecule has 6 nitrogen and oxygen atoms in total. The number of nitrogens with one attached hydrogen (secondary N) is 1. The van der Waals surface area contributed by atoms with Crippen molar-refractivity contribution in [3.05, 3.63) is 59.7 Å². The lowest BCUT2D eigenvalue weighted by Gasteiger charge is -2.28. The van der Waals surface area contributed by atoms with E-state index in [0.29, 0.717) is 18.0 Å². The van der Waals surface area contributed by atoms with Crippen LogP contribution in [0.15, 0.2) is 48.5 Å². The van der Waals surface area contributed by atoms with Crippen LogP contribution in [0.1, 0.15) is 18.1 Å². The van der Waals surface area contributed by atoms with Crippen LogP contribution in [0, 0.1) is 0 Å². The predicted octanol–water partition coefficient (Wildman–Crippen LogP) is 2.41. The molecule has 0 unspecified atom stereocenters. The van der Waals surface area contributed by atoms with Gasteiger partial charge >= 0.3 is 0 Å². The molecule has 0 fully saturated rings. The fourth-order valence-corrected chi connectivity index (χ4v) is 2.84. The zero-order chi connectivity index (χ0) is 19.8. The summed E-state index contributed by atoms with van der Waals surface area (Å²) in [5.74, 6) is 0.832. The predicted molar refractivity (Wildman–Crippen MR) is 104 cm³/mol. The Morgan fingerprint density at radius 2 is 1.67 bits per heavy atom. The fourth-order valence-electron chi connectivity index (χ4n) is 2.84. The van der Waals surface area contributed by atoms with Crippen molar-refractivity contribution in [3.63, 3.8) is 0 Å². The summed E-state index contributed by atoms with van der Waals surface area (Å²) >= 11 is 0. The number of hydrogen-bond donors (Lipinski definition) is 1. The molecule has 1 atom stereocenters. The van der Waals surface area contributed by atoms with Gasteiger partial charge in [-0.25, -0.2) is 0 Å². The smallest absolute Gasteiger partial charge is 0.242 e. The number of nitrogens with zero attached hydrogens (tertiary/aromatic N) is 1. The highest BCUT2D eigenvalue weighted by atomic mass is 16.5. The van der Waals surface area contributed by atoms with E-state index in [-0.39, 0.29) is 18.2 Å². The van der Waals surface area contributed by atoms with Gasteiger partial charge in [0.05, 0.1) is 20.6 Å². The fraction of sp³-hybridized carbons (Fsp3) is 0.333. The van der Waals surface area contributed by atoms with Crippen molar-refractivity contribution in [1.29, 1.82) is 0 Å². The average Bonchev–Trinajstić information content (AvgIpc) is 2.71. The molecule has 0 spiro atoms. The van der Waals surface area contributed by atoms with Crippen LogP contribution in [0.3, 0.4) is 0 Å². The molecule has 0 aliphatic carbocycles. The molecule has 0 aliphatic rings. The van der Waals surface area contributed by atoms with Gasteiger partial charge in [0.25, 0.3) is 0 Å². The first-order chi connectivity index (χ1) is 13.0. The molecule has 27 heavy (non-hydrogen) atoms. The largest absolute Gasteiger partial charge is 0.493 e. The van der Waals surface area contributed by atoms with Gasteiger partial charge in [-0.05, 0) is 30.2 Å². The van der Waals surface area contributed by atoms with Gasteiger partial charge in [-0.3, -0.25) is 9.59 Å². The highest BCUT2D eigenvalue weighted by Gasteiger charge is 2.25. The summed E-state index contributed by atoms with van der Waals surface area (Å²) in [5, 5.41) is 2.61. The number of hydrogen-bond acceptors (Lipinski definition) is 4. The summed E-state index contributed by atoms with van der Waals surface area (Å²) in [7, 11) is 4.69. The Bertz CT molecular complexity index is 777. The number of rotatable bonds is 8. The second kappa shape index (κ2) is 9.62. The van der Waals surface area contributed by atoms with E-state index < -0.39 is 6.04 Å². The van der Waals surface area contributed by atoms with Crippen molar-refractivity contribution < 1.29 is 19.1 Å². The molecule has 1 N–H and O–H groups in total. The monoisotopic (exact) mass is 370 g/mol. The van der Waals surface area contributed by atoms with E-state index in [1.54, 1.807) is 45.2 Å². The van der Waals surface area contributed by atoms with Crippen LogP contribution in [-0.2, 0) is 22.6 Å². The van der Waals surface area contributed by atoms with E-state index >= 15 is 0 Å². The standard InChI is InChI=1S/C21H26N2O4/c1-15(21(25)22-2)23(14-16-8-6-5-7-9-16)20(24)13-17-10-11-18(26-3)19(12-17)27-4/h5-12,15H,13-14H2,1-4H3,(H,22,25)/t15-/m0/s1. The quantitative estimate of drug-likeness (QED) is 0.775. The molecule has 144 valence electrons. The third kappa shape index (κ3) is 5.23. The van der Waals surface area contributed by atoms with Crippen LogP contribution in [0.25, 0.3) is 0 Å². The van der Waals surface area contributed by atoms with Crippen LogP contribution < -0.4 is 14.8 Å². The van der Waals surface area contributed by atoms with Gasteiger partial charge in [0.2, 0.25) is 11.8 Å². The van der Waals surface area contributed by atoms with Gasteiger partial charge in [-0.1, -0.05) is 36.4 Å². The van der Waals surface area contributed by atoms with Crippen LogP contribution in [-0.4, -0.2) is 44.0 Å². The molecular formula is C21H26N2O4. The molecule has 6 heteroatoms. The Morgan fingerprint density at radius 1 is 1.00 bits per heavy atom. The second-order valence-electron chi connectivity index (χ2n) is 6.16. The summed E-state index contributed by atoms with van der Waals surface area (Å²) in [4.78, 5) is 26.7. The number of methoxy groups -OCH3 is 2. The summed E-state index contributed by atoms with van der Waals surface area (Å²) in [6.45, 7) is 2.09. The number of amides is 2. The first kappa shape index (κ1) is 20.3. The average molecular weight is 370 g/mol. The molecule has 0 bridgehead atoms. The Labute approximate surface area is 160 Å². The number of benzene rings is 2. The molecule has 0 aromatic heterocycles. The normalized spacial score (nSPS) is 11.4. The highest BCUT2D eigenvalue weighted by Crippen LogP contribution is 2.28. The van der Waals surface area contributed by atoms with E-state index in [4.69, 9.17) is 9.47 Å². The SMILES string of the molecule is CNC(=O)[C@H](C)N(Cc1ccccc1)C(=O)Cc1ccc(OC)c(OC)c1. The maximum Gasteiger partial charge on any atom is 0.242 e. The van der Waals surface area contributed by atoms with Gasteiger partial charge < -0.3 is 19.7 Å². The zero-order valence-corrected chi connectivity index (χ0v) is 16.2. The van der Waals surface area contributed by atoms with Crippen LogP contribution in [0.2, 0.25) is 0 Å². The summed E-state index contributed by atoms with van der Waals surface area (Å²) in [6.07, 6.45) is 0.161. The lowest BCUT2D eigenvalue weighted by atomic mass is 10.1. The molecule has 0 aliphatic heterocycles. The Morgan fingerprint density at radius 3 is 2.26 bits per heavy atom. The van der Waals surface area contributed by atoms with Crippen molar-refractivity contribution in [1.82, 2.24) is 10.2 Å². The Balaban J connectivity index is 2.23. The molecule has 2 amide bonds. The Kier molecular flexibility index (Phi) is 7.23. The van der Waals surface area contributed by atoms with Gasteiger partial charge in [0.1, 0.15) is 6.04 Å². The van der Waals surface area contributed by atoms with Crippen molar-refractivity contribution in [2.75, 3.05) is 21.3 Å². The van der Waals surface area contributed by atoms with Crippen molar-refractivity contribution in [3.8, 4) is 11.5 Å². The first-order valence-corrected chi connectivity index (χ1v) is 8.76. The maximum atomic E-state index is 13.0. The first-order valence-electron chi connectivity index (χ1n) is 8.76. The number of likely N-dealkylation sites (N-methyl/N-ethyl adjacent to an activating group) is 1. The minimum Gasteiger partial charge on any atom is -0.493 e. The minimum absolute atomic E-state index is 0.137. The van der Waals surface area contributed by atoms with Gasteiger partial charge in [-0.2, -0.15) is 0 Å². The van der Waals surface area contributed by atoms with Crippen LogP contribution in [0.5, 0.6) is 11.5 Å². The van der Waals surface area contributed by atoms with Gasteiger partial charge in [0, 0.05) is 13.6 Å². The molecule has 0 heterocycles. The number of ether oxygens (including phenoxy) is 2. The molecule has 0 saturated carbocycles. The van der Waals surface area contributed by atoms with Crippen molar-refractivity contribution >= 4 is 11.8 Å². The van der Waals surface area contributed by atoms with Gasteiger partial charge in [-0.15, -0.1) is 0 Å². The second-order valence-corrected chi connectivity index (χ2v) is 6.16. The van der Waals surface area contributed by atoms with E-state index in [2.05, 4.69) is 5.32 Å². The lowest BCUT2D eigenvalue weighted by Crippen LogP contribution is -2.47. The zero-order valence-electron chi connectivity index (χ0n) is 16.2. The highest BCUT2D eigenvalue weighted by molar-refractivity contribution is 5.88. The lowest BCUT2D eigenvalue weighted by molar-refractivity contribution is -0.139. The third-order valence-corrected chi connectivity index (χ3v) is 4.41. The summed E-state index contributed by atoms with van der Waals surface area (Å²) in [5.41, 5.74) is 1.76. The number of carbonyl (C=O) groups is 2. The third-order valence-electron chi connectivity index (χ3n) is 4.41. The molecule has 2 aromatic rings. The Hall–Kier alpha value is -3.02. The van der Waals surface area contributed by atoms with E-state index in [1.165, 1.54) is 0 Å². The minimum atomic E-state index is -0.581. The maximum absolute atomic E-state index is 13.0. The molecule has 2 rings (SSSR count). The molecule has 0 radical (unpaired) electrons. The van der Waals surface area contributed by atoms with E-state index in [1.807, 2.05) is 36.4 Å². The van der Waals surface area contributed by atoms with Crippen molar-refractivity contribution in [2.24, 2.45) is 0 Å².